The van der Waals surface area contributed by atoms with E-state index in [4.69, 9.17) is 4.74 Å². The lowest BCUT2D eigenvalue weighted by molar-refractivity contribution is 0.199. The van der Waals surface area contributed by atoms with Gasteiger partial charge in [-0.15, -0.1) is 0 Å². The van der Waals surface area contributed by atoms with Gasteiger partial charge in [-0.25, -0.2) is 0 Å². The first-order chi connectivity index (χ1) is 8.60. The number of aryl methyl sites for hydroxylation is 1. The third-order valence-electron chi connectivity index (χ3n) is 3.50. The monoisotopic (exact) mass is 253 g/mol. The molecule has 1 unspecified atom stereocenters. The van der Waals surface area contributed by atoms with Gasteiger partial charge in [0.1, 0.15) is 0 Å². The van der Waals surface area contributed by atoms with Crippen molar-refractivity contribution in [1.82, 2.24) is 15.1 Å². The Hall–Kier alpha value is -0.870. The number of nitrogens with zero attached hydrogens (tertiary/aromatic N) is 2. The first kappa shape index (κ1) is 15.2. The molecule has 0 amide bonds. The van der Waals surface area contributed by atoms with E-state index in [2.05, 4.69) is 42.8 Å². The normalized spacial score (nSPS) is 12.9. The van der Waals surface area contributed by atoms with Gasteiger partial charge in [-0.3, -0.25) is 4.68 Å². The van der Waals surface area contributed by atoms with E-state index in [9.17, 15) is 0 Å². The summed E-state index contributed by atoms with van der Waals surface area (Å²) < 4.78 is 7.18. The number of methoxy groups -OCH3 is 1. The van der Waals surface area contributed by atoms with E-state index in [-0.39, 0.29) is 0 Å². The van der Waals surface area contributed by atoms with Crippen LogP contribution in [-0.4, -0.2) is 30.0 Å². The first-order valence-electron chi connectivity index (χ1n) is 6.82. The minimum Gasteiger partial charge on any atom is -0.383 e. The van der Waals surface area contributed by atoms with Crippen molar-refractivity contribution in [3.8, 4) is 0 Å². The molecular formula is C14H27N3O. The van der Waals surface area contributed by atoms with Gasteiger partial charge in [-0.2, -0.15) is 5.10 Å². The smallest absolute Gasteiger partial charge is 0.0641 e. The minimum absolute atomic E-state index is 0.678. The van der Waals surface area contributed by atoms with Crippen molar-refractivity contribution in [3.05, 3.63) is 17.0 Å². The highest BCUT2D eigenvalue weighted by molar-refractivity contribution is 5.24. The van der Waals surface area contributed by atoms with Gasteiger partial charge in [0.25, 0.3) is 0 Å². The van der Waals surface area contributed by atoms with E-state index in [1.807, 2.05) is 0 Å². The van der Waals surface area contributed by atoms with Gasteiger partial charge >= 0.3 is 0 Å². The van der Waals surface area contributed by atoms with Crippen LogP contribution >= 0.6 is 0 Å². The Kier molecular flexibility index (Phi) is 6.36. The molecule has 1 atom stereocenters. The van der Waals surface area contributed by atoms with Gasteiger partial charge in [0.05, 0.1) is 12.3 Å². The van der Waals surface area contributed by atoms with Crippen LogP contribution in [-0.2, 0) is 17.8 Å². The topological polar surface area (TPSA) is 39.1 Å². The van der Waals surface area contributed by atoms with Gasteiger partial charge in [0.2, 0.25) is 0 Å². The second kappa shape index (κ2) is 7.54. The molecule has 0 radical (unpaired) electrons. The molecule has 104 valence electrons. The van der Waals surface area contributed by atoms with Crippen molar-refractivity contribution in [2.45, 2.75) is 47.2 Å². The van der Waals surface area contributed by atoms with E-state index >= 15 is 0 Å². The molecule has 0 bridgehead atoms. The van der Waals surface area contributed by atoms with Crippen LogP contribution in [0.5, 0.6) is 0 Å². The number of nitrogens with one attached hydrogen (secondary N) is 1. The molecule has 0 aromatic carbocycles. The molecule has 0 saturated carbocycles. The summed E-state index contributed by atoms with van der Waals surface area (Å²) in [6.45, 7) is 12.3. The van der Waals surface area contributed by atoms with Gasteiger partial charge < -0.3 is 10.1 Å². The summed E-state index contributed by atoms with van der Waals surface area (Å²) in [7, 11) is 1.72. The van der Waals surface area contributed by atoms with Gasteiger partial charge in [0.15, 0.2) is 0 Å². The second-order valence-electron chi connectivity index (χ2n) is 5.01. The quantitative estimate of drug-likeness (QED) is 0.722. The Labute approximate surface area is 111 Å². The largest absolute Gasteiger partial charge is 0.383 e. The number of rotatable bonds is 8. The molecule has 0 aliphatic carbocycles. The molecule has 0 fully saturated rings. The zero-order valence-corrected chi connectivity index (χ0v) is 12.4. The Bertz CT molecular complexity index is 360. The summed E-state index contributed by atoms with van der Waals surface area (Å²) >= 11 is 0. The van der Waals surface area contributed by atoms with Gasteiger partial charge in [-0.05, 0) is 19.8 Å². The average molecular weight is 253 g/mol. The van der Waals surface area contributed by atoms with E-state index in [0.717, 1.165) is 31.9 Å². The van der Waals surface area contributed by atoms with Crippen molar-refractivity contribution < 1.29 is 4.74 Å². The summed E-state index contributed by atoms with van der Waals surface area (Å²) in [5.74, 6) is 0.678. The molecule has 0 aliphatic heterocycles. The Balaban J connectivity index is 2.62. The maximum Gasteiger partial charge on any atom is 0.0641 e. The predicted molar refractivity (Wildman–Crippen MR) is 74.7 cm³/mol. The molecule has 1 rings (SSSR count). The van der Waals surface area contributed by atoms with Crippen molar-refractivity contribution in [2.75, 3.05) is 20.3 Å². The number of hydrogen-bond acceptors (Lipinski definition) is 3. The molecule has 18 heavy (non-hydrogen) atoms. The third-order valence-corrected chi connectivity index (χ3v) is 3.50. The van der Waals surface area contributed by atoms with Crippen LogP contribution in [0.4, 0.5) is 0 Å². The zero-order valence-electron chi connectivity index (χ0n) is 12.4. The lowest BCUT2D eigenvalue weighted by Crippen LogP contribution is -2.19. The van der Waals surface area contributed by atoms with Crippen molar-refractivity contribution in [1.29, 1.82) is 0 Å². The number of ether oxygens (including phenoxy) is 1. The fourth-order valence-corrected chi connectivity index (χ4v) is 1.98. The number of hydrogen-bond donors (Lipinski definition) is 1. The van der Waals surface area contributed by atoms with Crippen LogP contribution in [0.2, 0.25) is 0 Å². The molecule has 0 saturated heterocycles. The summed E-state index contributed by atoms with van der Waals surface area (Å²) in [6, 6.07) is 0. The maximum absolute atomic E-state index is 5.03. The standard InChI is InChI=1S/C14H27N3O/c1-6-11(2)10-17-13(4)14(12(3)16-17)9-15-7-8-18-5/h11,15H,6-10H2,1-5H3. The first-order valence-corrected chi connectivity index (χ1v) is 6.82. The van der Waals surface area contributed by atoms with Crippen LogP contribution < -0.4 is 5.32 Å². The van der Waals surface area contributed by atoms with Crippen molar-refractivity contribution in [3.63, 3.8) is 0 Å². The Morgan fingerprint density at radius 3 is 2.72 bits per heavy atom. The molecule has 1 heterocycles. The van der Waals surface area contributed by atoms with Gasteiger partial charge in [-0.1, -0.05) is 20.3 Å². The van der Waals surface area contributed by atoms with Crippen LogP contribution in [0.15, 0.2) is 0 Å². The molecular weight excluding hydrogens is 226 g/mol. The molecule has 0 aliphatic rings. The molecule has 4 nitrogen and oxygen atoms in total. The predicted octanol–water partition coefficient (Wildman–Crippen LogP) is 2.28. The van der Waals surface area contributed by atoms with Crippen molar-refractivity contribution >= 4 is 0 Å². The third kappa shape index (κ3) is 4.10. The summed E-state index contributed by atoms with van der Waals surface area (Å²) in [4.78, 5) is 0. The molecule has 1 aromatic rings. The highest BCUT2D eigenvalue weighted by Gasteiger charge is 2.12. The fraction of sp³-hybridized carbons (Fsp3) is 0.786. The SMILES string of the molecule is CCC(C)Cn1nc(C)c(CNCCOC)c1C. The second-order valence-corrected chi connectivity index (χ2v) is 5.01. The Morgan fingerprint density at radius 1 is 1.39 bits per heavy atom. The van der Waals surface area contributed by atoms with Crippen LogP contribution in [0.25, 0.3) is 0 Å². The number of aromatic nitrogens is 2. The van der Waals surface area contributed by atoms with Crippen LogP contribution in [0.1, 0.15) is 37.2 Å². The Morgan fingerprint density at radius 2 is 2.11 bits per heavy atom. The minimum atomic E-state index is 0.678. The summed E-state index contributed by atoms with van der Waals surface area (Å²) in [6.07, 6.45) is 1.19. The molecule has 0 spiro atoms. The maximum atomic E-state index is 5.03. The lowest BCUT2D eigenvalue weighted by atomic mass is 10.1. The van der Waals surface area contributed by atoms with E-state index in [1.54, 1.807) is 7.11 Å². The molecule has 1 aromatic heterocycles. The highest BCUT2D eigenvalue weighted by atomic mass is 16.5. The molecule has 4 heteroatoms. The zero-order chi connectivity index (χ0) is 13.5. The molecule has 1 N–H and O–H groups in total. The van der Waals surface area contributed by atoms with E-state index in [1.165, 1.54) is 17.7 Å². The average Bonchev–Trinajstić information content (AvgIpc) is 2.61. The van der Waals surface area contributed by atoms with Crippen LogP contribution in [0, 0.1) is 19.8 Å². The lowest BCUT2D eigenvalue weighted by Gasteiger charge is -2.10. The fourth-order valence-electron chi connectivity index (χ4n) is 1.98. The van der Waals surface area contributed by atoms with Crippen molar-refractivity contribution in [2.24, 2.45) is 5.92 Å². The highest BCUT2D eigenvalue weighted by Crippen LogP contribution is 2.15. The van der Waals surface area contributed by atoms with E-state index < -0.39 is 0 Å². The van der Waals surface area contributed by atoms with Crippen LogP contribution in [0.3, 0.4) is 0 Å². The van der Waals surface area contributed by atoms with Gasteiger partial charge in [0, 0.05) is 38.0 Å². The van der Waals surface area contributed by atoms with E-state index in [0.29, 0.717) is 5.92 Å². The summed E-state index contributed by atoms with van der Waals surface area (Å²) in [5.41, 5.74) is 3.76. The summed E-state index contributed by atoms with van der Waals surface area (Å²) in [5, 5.41) is 8.03.